The summed E-state index contributed by atoms with van der Waals surface area (Å²) >= 11 is 0. The second kappa shape index (κ2) is 6.80. The van der Waals surface area contributed by atoms with E-state index < -0.39 is 41.4 Å². The van der Waals surface area contributed by atoms with Crippen LogP contribution in [0, 0.1) is 52.3 Å². The average molecular weight is 323 g/mol. The molecule has 2 aromatic rings. The number of ether oxygens (including phenoxy) is 1. The zero-order chi connectivity index (χ0) is 17.0. The van der Waals surface area contributed by atoms with Crippen molar-refractivity contribution in [3.05, 3.63) is 64.5 Å². The molecule has 2 aromatic carbocycles. The van der Waals surface area contributed by atoms with Gasteiger partial charge < -0.3 is 4.74 Å². The summed E-state index contributed by atoms with van der Waals surface area (Å²) in [5.74, 6) is -7.07. The Bertz CT molecular complexity index is 815. The fourth-order valence-electron chi connectivity index (χ4n) is 1.65. The molecule has 0 aromatic heterocycles. The van der Waals surface area contributed by atoms with Crippen molar-refractivity contribution >= 4 is 0 Å². The fraction of sp³-hybridized carbons (Fsp3) is 0.0625. The molecular weight excluding hydrogens is 317 g/mol. The second-order valence-electron chi connectivity index (χ2n) is 4.25. The van der Waals surface area contributed by atoms with Crippen molar-refractivity contribution in [2.24, 2.45) is 0 Å². The third-order valence-corrected chi connectivity index (χ3v) is 2.77. The van der Waals surface area contributed by atoms with Crippen LogP contribution in [0.25, 0.3) is 0 Å². The molecule has 7 heteroatoms. The van der Waals surface area contributed by atoms with Gasteiger partial charge in [0.1, 0.15) is 6.61 Å². The number of nitrogens with zero attached hydrogens (tertiary/aromatic N) is 1. The van der Waals surface area contributed by atoms with Crippen LogP contribution < -0.4 is 4.74 Å². The van der Waals surface area contributed by atoms with Crippen LogP contribution in [0.5, 0.6) is 5.75 Å². The van der Waals surface area contributed by atoms with Crippen molar-refractivity contribution in [1.29, 1.82) is 5.26 Å². The lowest BCUT2D eigenvalue weighted by Crippen LogP contribution is -2.07. The van der Waals surface area contributed by atoms with Crippen LogP contribution in [-0.2, 0) is 6.61 Å². The molecule has 0 saturated heterocycles. The lowest BCUT2D eigenvalue weighted by atomic mass is 10.1. The second-order valence-corrected chi connectivity index (χ2v) is 4.25. The molecule has 0 aliphatic heterocycles. The summed E-state index contributed by atoms with van der Waals surface area (Å²) in [6, 6.07) is 7.62. The Kier molecular flexibility index (Phi) is 4.82. The van der Waals surface area contributed by atoms with Crippen molar-refractivity contribution in [3.63, 3.8) is 0 Å². The van der Waals surface area contributed by atoms with E-state index in [-0.39, 0.29) is 0 Å². The van der Waals surface area contributed by atoms with Gasteiger partial charge in [-0.1, -0.05) is 18.1 Å². The summed E-state index contributed by atoms with van der Waals surface area (Å²) in [6.07, 6.45) is 0. The third kappa shape index (κ3) is 3.41. The highest BCUT2D eigenvalue weighted by molar-refractivity contribution is 5.39. The van der Waals surface area contributed by atoms with E-state index in [0.29, 0.717) is 11.1 Å². The van der Waals surface area contributed by atoms with Gasteiger partial charge in [0.15, 0.2) is 11.8 Å². The molecule has 0 radical (unpaired) electrons. The van der Waals surface area contributed by atoms with Gasteiger partial charge in [-0.2, -0.15) is 14.0 Å². The Morgan fingerprint density at radius 1 is 0.826 bits per heavy atom. The van der Waals surface area contributed by atoms with E-state index >= 15 is 0 Å². The molecular formula is C16H6F5NO. The summed E-state index contributed by atoms with van der Waals surface area (Å²) in [5, 5.41) is 8.31. The zero-order valence-electron chi connectivity index (χ0n) is 11.3. The number of rotatable bonds is 3. The smallest absolute Gasteiger partial charge is 0.207 e. The molecule has 0 amide bonds. The van der Waals surface area contributed by atoms with Crippen molar-refractivity contribution in [2.75, 3.05) is 0 Å². The molecule has 0 fully saturated rings. The lowest BCUT2D eigenvalue weighted by Gasteiger charge is -2.10. The molecule has 0 spiro atoms. The molecule has 23 heavy (non-hydrogen) atoms. The highest BCUT2D eigenvalue weighted by Crippen LogP contribution is 2.29. The maximum Gasteiger partial charge on any atom is 0.207 e. The average Bonchev–Trinajstić information content (AvgIpc) is 2.57. The van der Waals surface area contributed by atoms with E-state index in [1.165, 1.54) is 24.3 Å². The predicted octanol–water partition coefficient (Wildman–Crippen LogP) is 3.84. The molecule has 0 N–H and O–H groups in total. The fourth-order valence-corrected chi connectivity index (χ4v) is 1.65. The van der Waals surface area contributed by atoms with Gasteiger partial charge >= 0.3 is 0 Å². The Morgan fingerprint density at radius 3 is 1.87 bits per heavy atom. The SMILES string of the molecule is N#CC#Cc1ccc(COc2c(F)c(F)c(F)c(F)c2F)cc1. The molecule has 2 rings (SSSR count). The molecule has 0 aliphatic carbocycles. The van der Waals surface area contributed by atoms with Crippen LogP contribution in [0.4, 0.5) is 22.0 Å². The molecule has 0 unspecified atom stereocenters. The topological polar surface area (TPSA) is 33.0 Å². The number of benzene rings is 2. The van der Waals surface area contributed by atoms with Gasteiger partial charge in [0.25, 0.3) is 0 Å². The summed E-state index contributed by atoms with van der Waals surface area (Å²) in [6.45, 7) is -0.412. The van der Waals surface area contributed by atoms with E-state index in [1.807, 2.05) is 0 Å². The van der Waals surface area contributed by atoms with Gasteiger partial charge in [-0.3, -0.25) is 0 Å². The van der Waals surface area contributed by atoms with Crippen molar-refractivity contribution < 1.29 is 26.7 Å². The van der Waals surface area contributed by atoms with E-state index in [9.17, 15) is 22.0 Å². The quantitative estimate of drug-likeness (QED) is 0.372. The normalized spacial score (nSPS) is 9.74. The number of halogens is 5. The minimum Gasteiger partial charge on any atom is -0.483 e. The Hall–Kier alpha value is -3.06. The van der Waals surface area contributed by atoms with Gasteiger partial charge in [0.2, 0.25) is 29.1 Å². The number of hydrogen-bond donors (Lipinski definition) is 0. The minimum absolute atomic E-state index is 0.412. The van der Waals surface area contributed by atoms with Crippen LogP contribution in [0.2, 0.25) is 0 Å². The highest BCUT2D eigenvalue weighted by atomic mass is 19.2. The molecule has 2 nitrogen and oxygen atoms in total. The van der Waals surface area contributed by atoms with Crippen LogP contribution in [0.15, 0.2) is 24.3 Å². The Morgan fingerprint density at radius 2 is 1.35 bits per heavy atom. The maximum absolute atomic E-state index is 13.4. The van der Waals surface area contributed by atoms with E-state index in [1.54, 1.807) is 6.07 Å². The first-order valence-corrected chi connectivity index (χ1v) is 6.09. The van der Waals surface area contributed by atoms with Gasteiger partial charge in [-0.25, -0.2) is 13.2 Å². The van der Waals surface area contributed by atoms with Gasteiger partial charge in [-0.05, 0) is 17.7 Å². The van der Waals surface area contributed by atoms with E-state index in [0.717, 1.165) is 0 Å². The molecule has 0 aliphatic rings. The van der Waals surface area contributed by atoms with E-state index in [4.69, 9.17) is 10.00 Å². The summed E-state index contributed by atoms with van der Waals surface area (Å²) in [7, 11) is 0. The van der Waals surface area contributed by atoms with Crippen molar-refractivity contribution in [1.82, 2.24) is 0 Å². The summed E-state index contributed by atoms with van der Waals surface area (Å²) in [5.41, 5.74) is 0.933. The standard InChI is InChI=1S/C16H6F5NO/c17-11-12(18)14(20)16(15(21)13(11)19)23-8-10-5-3-9(4-6-10)2-1-7-22/h3-6H,8H2. The zero-order valence-corrected chi connectivity index (χ0v) is 11.3. The Balaban J connectivity index is 2.20. The number of hydrogen-bond acceptors (Lipinski definition) is 2. The largest absolute Gasteiger partial charge is 0.483 e. The molecule has 0 heterocycles. The summed E-state index contributed by atoms with van der Waals surface area (Å²) < 4.78 is 70.5. The van der Waals surface area contributed by atoms with Crippen molar-refractivity contribution in [3.8, 4) is 23.7 Å². The third-order valence-electron chi connectivity index (χ3n) is 2.77. The molecule has 0 atom stereocenters. The van der Waals surface area contributed by atoms with Gasteiger partial charge in [0, 0.05) is 11.5 Å². The van der Waals surface area contributed by atoms with Gasteiger partial charge in [-0.15, -0.1) is 0 Å². The lowest BCUT2D eigenvalue weighted by molar-refractivity contribution is 0.253. The maximum atomic E-state index is 13.4. The van der Waals surface area contributed by atoms with Crippen LogP contribution in [-0.4, -0.2) is 0 Å². The first kappa shape index (κ1) is 16.3. The minimum atomic E-state index is -2.24. The van der Waals surface area contributed by atoms with Crippen LogP contribution in [0.3, 0.4) is 0 Å². The van der Waals surface area contributed by atoms with Crippen molar-refractivity contribution in [2.45, 2.75) is 6.61 Å². The summed E-state index contributed by atoms with van der Waals surface area (Å²) in [4.78, 5) is 0. The first-order chi connectivity index (χ1) is 11.0. The number of nitriles is 1. The monoisotopic (exact) mass is 323 g/mol. The Labute approximate surface area is 127 Å². The molecule has 0 saturated carbocycles. The van der Waals surface area contributed by atoms with Gasteiger partial charge in [0.05, 0.1) is 0 Å². The molecule has 116 valence electrons. The molecule has 0 bridgehead atoms. The van der Waals surface area contributed by atoms with Crippen LogP contribution in [0.1, 0.15) is 11.1 Å². The highest BCUT2D eigenvalue weighted by Gasteiger charge is 2.26. The van der Waals surface area contributed by atoms with Crippen LogP contribution >= 0.6 is 0 Å². The predicted molar refractivity (Wildman–Crippen MR) is 69.5 cm³/mol. The van der Waals surface area contributed by atoms with E-state index in [2.05, 4.69) is 11.8 Å². The first-order valence-electron chi connectivity index (χ1n) is 6.09.